The van der Waals surface area contributed by atoms with E-state index < -0.39 is 11.7 Å². The van der Waals surface area contributed by atoms with Crippen molar-refractivity contribution in [2.45, 2.75) is 44.9 Å². The maximum atomic E-state index is 12.7. The maximum Gasteiger partial charge on any atom is 0.410 e. The van der Waals surface area contributed by atoms with Crippen LogP contribution in [0.15, 0.2) is 30.9 Å². The molecule has 1 aromatic carbocycles. The van der Waals surface area contributed by atoms with Crippen molar-refractivity contribution in [1.29, 1.82) is 0 Å². The quantitative estimate of drug-likeness (QED) is 0.701. The molecular formula is C21H27Cl2N5O4. The lowest BCUT2D eigenvalue weighted by Crippen LogP contribution is -2.42. The standard InChI is InChI=1S/C21H27Cl2N5O4/c1-21(2,3)32-20(30)27-6-7-31-18(9-25-19(29)11-28-13-24-12-26-28)15(10-27)14-4-5-16(22)17(23)8-14/h4-5,8,12-13,15,18H,6-7,9-11H2,1-3H3,(H,25,29). The van der Waals surface area contributed by atoms with Crippen molar-refractivity contribution >= 4 is 35.2 Å². The number of carbonyl (C=O) groups is 2. The Balaban J connectivity index is 1.76. The van der Waals surface area contributed by atoms with E-state index in [-0.39, 0.29) is 31.0 Å². The van der Waals surface area contributed by atoms with E-state index in [1.54, 1.807) is 17.0 Å². The monoisotopic (exact) mass is 483 g/mol. The third-order valence-corrected chi connectivity index (χ3v) is 5.59. The number of aromatic nitrogens is 3. The summed E-state index contributed by atoms with van der Waals surface area (Å²) in [5.41, 5.74) is 0.239. The fraction of sp³-hybridized carbons (Fsp3) is 0.524. The minimum absolute atomic E-state index is 0.0498. The molecule has 0 aliphatic carbocycles. The van der Waals surface area contributed by atoms with Crippen LogP contribution in [0.3, 0.4) is 0 Å². The first-order chi connectivity index (χ1) is 15.1. The molecule has 0 radical (unpaired) electrons. The molecule has 1 saturated heterocycles. The zero-order valence-corrected chi connectivity index (χ0v) is 19.8. The lowest BCUT2D eigenvalue weighted by Gasteiger charge is -2.30. The van der Waals surface area contributed by atoms with Crippen LogP contribution in [-0.4, -0.2) is 69.6 Å². The highest BCUT2D eigenvalue weighted by atomic mass is 35.5. The van der Waals surface area contributed by atoms with Crippen LogP contribution in [0.2, 0.25) is 10.0 Å². The van der Waals surface area contributed by atoms with Gasteiger partial charge in [-0.2, -0.15) is 5.10 Å². The predicted octanol–water partition coefficient (Wildman–Crippen LogP) is 3.12. The van der Waals surface area contributed by atoms with Gasteiger partial charge in [0.05, 0.1) is 22.8 Å². The first-order valence-electron chi connectivity index (χ1n) is 10.3. The highest BCUT2D eigenvalue weighted by molar-refractivity contribution is 6.42. The summed E-state index contributed by atoms with van der Waals surface area (Å²) in [4.78, 5) is 30.5. The Morgan fingerprint density at radius 1 is 1.28 bits per heavy atom. The molecule has 1 fully saturated rings. The van der Waals surface area contributed by atoms with Crippen LogP contribution < -0.4 is 5.32 Å². The van der Waals surface area contributed by atoms with Crippen molar-refractivity contribution in [1.82, 2.24) is 25.0 Å². The average Bonchev–Trinajstić information content (AvgIpc) is 3.11. The van der Waals surface area contributed by atoms with E-state index in [1.165, 1.54) is 17.3 Å². The van der Waals surface area contributed by atoms with E-state index in [1.807, 2.05) is 26.8 Å². The molecule has 1 N–H and O–H groups in total. The van der Waals surface area contributed by atoms with E-state index in [9.17, 15) is 9.59 Å². The van der Waals surface area contributed by atoms with E-state index in [2.05, 4.69) is 15.4 Å². The first kappa shape index (κ1) is 24.3. The summed E-state index contributed by atoms with van der Waals surface area (Å²) in [6.07, 6.45) is 2.04. The van der Waals surface area contributed by atoms with Gasteiger partial charge in [0.15, 0.2) is 0 Å². The number of amides is 2. The number of ether oxygens (including phenoxy) is 2. The van der Waals surface area contributed by atoms with Crippen LogP contribution in [0.5, 0.6) is 0 Å². The molecule has 2 aromatic rings. The molecule has 2 unspecified atom stereocenters. The smallest absolute Gasteiger partial charge is 0.410 e. The minimum atomic E-state index is -0.613. The van der Waals surface area contributed by atoms with Crippen LogP contribution >= 0.6 is 23.2 Å². The summed E-state index contributed by atoms with van der Waals surface area (Å²) in [6, 6.07) is 5.33. The number of hydrogen-bond acceptors (Lipinski definition) is 6. The van der Waals surface area contributed by atoms with Crippen LogP contribution in [0.1, 0.15) is 32.3 Å². The number of rotatable bonds is 5. The Morgan fingerprint density at radius 2 is 2.06 bits per heavy atom. The van der Waals surface area contributed by atoms with Gasteiger partial charge >= 0.3 is 6.09 Å². The second-order valence-corrected chi connectivity index (χ2v) is 9.33. The molecule has 2 heterocycles. The summed E-state index contributed by atoms with van der Waals surface area (Å²) >= 11 is 12.3. The Morgan fingerprint density at radius 3 is 2.72 bits per heavy atom. The van der Waals surface area contributed by atoms with Crippen molar-refractivity contribution < 1.29 is 19.1 Å². The molecule has 0 bridgehead atoms. The molecule has 9 nitrogen and oxygen atoms in total. The number of carbonyl (C=O) groups excluding carboxylic acids is 2. The van der Waals surface area contributed by atoms with Gasteiger partial charge in [-0.1, -0.05) is 29.3 Å². The van der Waals surface area contributed by atoms with Crippen LogP contribution in [0.25, 0.3) is 0 Å². The molecule has 2 amide bonds. The number of nitrogens with zero attached hydrogens (tertiary/aromatic N) is 4. The molecule has 1 aliphatic heterocycles. The Hall–Kier alpha value is -2.36. The molecule has 1 aliphatic rings. The Labute approximate surface area is 197 Å². The Kier molecular flexibility index (Phi) is 7.97. The summed E-state index contributed by atoms with van der Waals surface area (Å²) < 4.78 is 13.0. The molecule has 2 atom stereocenters. The summed E-state index contributed by atoms with van der Waals surface area (Å²) in [7, 11) is 0. The SMILES string of the molecule is CC(C)(C)OC(=O)N1CCOC(CNC(=O)Cn2cncn2)C(c2ccc(Cl)c(Cl)c2)C1. The zero-order valence-electron chi connectivity index (χ0n) is 18.3. The normalized spacial score (nSPS) is 19.3. The topological polar surface area (TPSA) is 98.6 Å². The second-order valence-electron chi connectivity index (χ2n) is 8.51. The predicted molar refractivity (Wildman–Crippen MR) is 120 cm³/mol. The van der Waals surface area contributed by atoms with Gasteiger partial charge in [-0.3, -0.25) is 4.79 Å². The van der Waals surface area contributed by atoms with Gasteiger partial charge in [-0.25, -0.2) is 14.5 Å². The van der Waals surface area contributed by atoms with Gasteiger partial charge in [0, 0.05) is 25.6 Å². The molecule has 11 heteroatoms. The second kappa shape index (κ2) is 10.5. The van der Waals surface area contributed by atoms with Crippen molar-refractivity contribution in [3.05, 3.63) is 46.5 Å². The maximum absolute atomic E-state index is 12.7. The minimum Gasteiger partial charge on any atom is -0.444 e. The van der Waals surface area contributed by atoms with Gasteiger partial charge < -0.3 is 19.7 Å². The molecule has 1 aromatic heterocycles. The highest BCUT2D eigenvalue weighted by Gasteiger charge is 2.33. The molecular weight excluding hydrogens is 457 g/mol. The third kappa shape index (κ3) is 6.82. The number of benzene rings is 1. The number of hydrogen-bond donors (Lipinski definition) is 1. The van der Waals surface area contributed by atoms with E-state index in [0.717, 1.165) is 5.56 Å². The number of nitrogens with one attached hydrogen (secondary N) is 1. The Bertz CT molecular complexity index is 933. The molecule has 0 saturated carbocycles. The summed E-state index contributed by atoms with van der Waals surface area (Å²) in [5, 5.41) is 7.66. The fourth-order valence-electron chi connectivity index (χ4n) is 3.37. The van der Waals surface area contributed by atoms with E-state index in [4.69, 9.17) is 32.7 Å². The van der Waals surface area contributed by atoms with Crippen molar-refractivity contribution in [3.63, 3.8) is 0 Å². The molecule has 3 rings (SSSR count). The van der Waals surface area contributed by atoms with Crippen molar-refractivity contribution in [2.24, 2.45) is 0 Å². The van der Waals surface area contributed by atoms with Crippen molar-refractivity contribution in [3.8, 4) is 0 Å². The van der Waals surface area contributed by atoms with Gasteiger partial charge in [0.2, 0.25) is 5.91 Å². The third-order valence-electron chi connectivity index (χ3n) is 4.86. The van der Waals surface area contributed by atoms with Gasteiger partial charge in [0.1, 0.15) is 24.8 Å². The van der Waals surface area contributed by atoms with Crippen LogP contribution in [0.4, 0.5) is 4.79 Å². The van der Waals surface area contributed by atoms with Gasteiger partial charge in [0.25, 0.3) is 0 Å². The zero-order chi connectivity index (χ0) is 23.3. The summed E-state index contributed by atoms with van der Waals surface area (Å²) in [6.45, 7) is 6.79. The largest absolute Gasteiger partial charge is 0.444 e. The van der Waals surface area contributed by atoms with Crippen LogP contribution in [0, 0.1) is 0 Å². The molecule has 32 heavy (non-hydrogen) atoms. The van der Waals surface area contributed by atoms with Gasteiger partial charge in [-0.15, -0.1) is 0 Å². The molecule has 174 valence electrons. The lowest BCUT2D eigenvalue weighted by atomic mass is 9.92. The van der Waals surface area contributed by atoms with Gasteiger partial charge in [-0.05, 0) is 38.5 Å². The number of halogens is 2. The van der Waals surface area contributed by atoms with Crippen LogP contribution in [-0.2, 0) is 20.8 Å². The van der Waals surface area contributed by atoms with E-state index in [0.29, 0.717) is 29.7 Å². The first-order valence-corrected chi connectivity index (χ1v) is 11.0. The fourth-order valence-corrected chi connectivity index (χ4v) is 3.67. The summed E-state index contributed by atoms with van der Waals surface area (Å²) in [5.74, 6) is -0.480. The van der Waals surface area contributed by atoms with Crippen molar-refractivity contribution in [2.75, 3.05) is 26.2 Å². The highest BCUT2D eigenvalue weighted by Crippen LogP contribution is 2.31. The lowest BCUT2D eigenvalue weighted by molar-refractivity contribution is -0.122. The van der Waals surface area contributed by atoms with E-state index >= 15 is 0 Å². The molecule has 0 spiro atoms. The average molecular weight is 484 g/mol.